The first-order chi connectivity index (χ1) is 8.43. The number of nitrogens with two attached hydrogens (primary N) is 2. The molecule has 1 aliphatic carbocycles. The van der Waals surface area contributed by atoms with Crippen molar-refractivity contribution in [3.63, 3.8) is 0 Å². The molecular weight excluding hydrogens is 228 g/mol. The molecule has 1 saturated carbocycles. The van der Waals surface area contributed by atoms with Gasteiger partial charge in [0.15, 0.2) is 0 Å². The van der Waals surface area contributed by atoms with Gasteiger partial charge in [-0.1, -0.05) is 6.07 Å². The predicted molar refractivity (Wildman–Crippen MR) is 70.2 cm³/mol. The summed E-state index contributed by atoms with van der Waals surface area (Å²) in [6.07, 6.45) is 1.91. The minimum atomic E-state index is -1.03. The molecule has 0 radical (unpaired) electrons. The van der Waals surface area contributed by atoms with Crippen LogP contribution >= 0.6 is 0 Å². The van der Waals surface area contributed by atoms with E-state index >= 15 is 0 Å². The number of ether oxygens (including phenoxy) is 1. The fourth-order valence-electron chi connectivity index (χ4n) is 2.00. The molecule has 4 N–H and O–H groups in total. The van der Waals surface area contributed by atoms with Gasteiger partial charge in [0.05, 0.1) is 0 Å². The van der Waals surface area contributed by atoms with Crippen molar-refractivity contribution in [1.82, 2.24) is 0 Å². The minimum Gasteiger partial charge on any atom is -0.491 e. The highest BCUT2D eigenvalue weighted by Crippen LogP contribution is 2.38. The zero-order valence-corrected chi connectivity index (χ0v) is 10.9. The van der Waals surface area contributed by atoms with E-state index in [1.807, 2.05) is 32.0 Å². The molecule has 1 fully saturated rings. The smallest absolute Gasteiger partial charge is 0.241 e. The van der Waals surface area contributed by atoms with Crippen molar-refractivity contribution in [3.05, 3.63) is 29.3 Å². The lowest BCUT2D eigenvalue weighted by atomic mass is 9.95. The van der Waals surface area contributed by atoms with Crippen molar-refractivity contribution in [2.75, 3.05) is 6.61 Å². The molecule has 0 aliphatic heterocycles. The quantitative estimate of drug-likeness (QED) is 0.823. The van der Waals surface area contributed by atoms with Gasteiger partial charge in [-0.3, -0.25) is 4.79 Å². The van der Waals surface area contributed by atoms with Crippen LogP contribution in [0.15, 0.2) is 18.2 Å². The first kappa shape index (κ1) is 12.9. The van der Waals surface area contributed by atoms with E-state index in [1.54, 1.807) is 0 Å². The molecule has 1 aromatic rings. The molecule has 1 aliphatic rings. The largest absolute Gasteiger partial charge is 0.491 e. The summed E-state index contributed by atoms with van der Waals surface area (Å²) in [6, 6.07) is 5.82. The van der Waals surface area contributed by atoms with Gasteiger partial charge < -0.3 is 16.2 Å². The second-order valence-corrected chi connectivity index (χ2v) is 5.21. The SMILES string of the molecule is Cc1ccc(OCC(N)(C(N)=O)C2CC2)cc1C. The molecule has 2 rings (SSSR count). The van der Waals surface area contributed by atoms with Gasteiger partial charge >= 0.3 is 0 Å². The standard InChI is InChI=1S/C14H20N2O2/c1-9-3-6-12(7-10(9)2)18-8-14(16,13(15)17)11-4-5-11/h3,6-7,11H,4-5,8,16H2,1-2H3,(H2,15,17). The molecule has 4 heteroatoms. The summed E-state index contributed by atoms with van der Waals surface area (Å²) in [6.45, 7) is 4.21. The Morgan fingerprint density at radius 1 is 1.39 bits per heavy atom. The molecule has 0 spiro atoms. The number of hydrogen-bond acceptors (Lipinski definition) is 3. The van der Waals surface area contributed by atoms with E-state index in [-0.39, 0.29) is 12.5 Å². The highest BCUT2D eigenvalue weighted by Gasteiger charge is 2.47. The van der Waals surface area contributed by atoms with Crippen molar-refractivity contribution < 1.29 is 9.53 Å². The molecule has 1 atom stereocenters. The van der Waals surface area contributed by atoms with E-state index in [9.17, 15) is 4.79 Å². The van der Waals surface area contributed by atoms with E-state index in [1.165, 1.54) is 5.56 Å². The molecule has 18 heavy (non-hydrogen) atoms. The number of carbonyl (C=O) groups excluding carboxylic acids is 1. The molecule has 1 unspecified atom stereocenters. The Bertz CT molecular complexity index is 469. The maximum Gasteiger partial charge on any atom is 0.241 e. The number of aryl methyl sites for hydroxylation is 2. The molecule has 0 heterocycles. The summed E-state index contributed by atoms with van der Waals surface area (Å²) in [5.74, 6) is 0.421. The Hall–Kier alpha value is -1.55. The van der Waals surface area contributed by atoms with Gasteiger partial charge in [-0.25, -0.2) is 0 Å². The van der Waals surface area contributed by atoms with Crippen LogP contribution < -0.4 is 16.2 Å². The number of primary amides is 1. The number of rotatable bonds is 5. The number of amides is 1. The summed E-state index contributed by atoms with van der Waals surface area (Å²) < 4.78 is 5.64. The first-order valence-corrected chi connectivity index (χ1v) is 6.22. The number of benzene rings is 1. The van der Waals surface area contributed by atoms with Crippen LogP contribution in [0.2, 0.25) is 0 Å². The number of hydrogen-bond donors (Lipinski definition) is 2. The van der Waals surface area contributed by atoms with Crippen molar-refractivity contribution in [3.8, 4) is 5.75 Å². The monoisotopic (exact) mass is 248 g/mol. The fraction of sp³-hybridized carbons (Fsp3) is 0.500. The fourth-order valence-corrected chi connectivity index (χ4v) is 2.00. The van der Waals surface area contributed by atoms with E-state index in [0.717, 1.165) is 24.2 Å². The topological polar surface area (TPSA) is 78.3 Å². The van der Waals surface area contributed by atoms with Crippen LogP contribution in [-0.2, 0) is 4.79 Å². The zero-order valence-electron chi connectivity index (χ0n) is 10.9. The Labute approximate surface area is 107 Å². The molecular formula is C14H20N2O2. The summed E-state index contributed by atoms with van der Waals surface area (Å²) >= 11 is 0. The van der Waals surface area contributed by atoms with Crippen LogP contribution in [0.25, 0.3) is 0 Å². The van der Waals surface area contributed by atoms with Crippen LogP contribution in [0, 0.1) is 19.8 Å². The van der Waals surface area contributed by atoms with Gasteiger partial charge in [-0.2, -0.15) is 0 Å². The third kappa shape index (κ3) is 2.48. The molecule has 1 aromatic carbocycles. The Kier molecular flexibility index (Phi) is 3.30. The Morgan fingerprint density at radius 3 is 2.56 bits per heavy atom. The Balaban J connectivity index is 2.05. The van der Waals surface area contributed by atoms with Crippen LogP contribution in [0.4, 0.5) is 0 Å². The van der Waals surface area contributed by atoms with Gasteiger partial charge in [-0.15, -0.1) is 0 Å². The first-order valence-electron chi connectivity index (χ1n) is 6.22. The summed E-state index contributed by atoms with van der Waals surface area (Å²) in [5.41, 5.74) is 12.8. The molecule has 0 aromatic heterocycles. The Morgan fingerprint density at radius 2 is 2.06 bits per heavy atom. The van der Waals surface area contributed by atoms with Crippen LogP contribution in [0.1, 0.15) is 24.0 Å². The highest BCUT2D eigenvalue weighted by molar-refractivity contribution is 5.85. The van der Waals surface area contributed by atoms with Crippen molar-refractivity contribution in [1.29, 1.82) is 0 Å². The lowest BCUT2D eigenvalue weighted by Gasteiger charge is -2.25. The maximum absolute atomic E-state index is 11.5. The molecule has 98 valence electrons. The molecule has 0 saturated heterocycles. The van der Waals surface area contributed by atoms with E-state index < -0.39 is 11.4 Å². The van der Waals surface area contributed by atoms with E-state index in [0.29, 0.717) is 0 Å². The average Bonchev–Trinajstić information content (AvgIpc) is 3.14. The van der Waals surface area contributed by atoms with Gasteiger partial charge in [0, 0.05) is 0 Å². The van der Waals surface area contributed by atoms with Crippen LogP contribution in [0.3, 0.4) is 0 Å². The van der Waals surface area contributed by atoms with Crippen molar-refractivity contribution in [2.45, 2.75) is 32.2 Å². The number of carbonyl (C=O) groups is 1. The van der Waals surface area contributed by atoms with E-state index in [2.05, 4.69) is 0 Å². The minimum absolute atomic E-state index is 0.148. The van der Waals surface area contributed by atoms with Crippen LogP contribution in [-0.4, -0.2) is 18.1 Å². The normalized spacial score (nSPS) is 18.2. The lowest BCUT2D eigenvalue weighted by molar-refractivity contribution is -0.125. The van der Waals surface area contributed by atoms with Crippen LogP contribution in [0.5, 0.6) is 5.75 Å². The second-order valence-electron chi connectivity index (χ2n) is 5.21. The van der Waals surface area contributed by atoms with Gasteiger partial charge in [0.2, 0.25) is 5.91 Å². The van der Waals surface area contributed by atoms with Gasteiger partial charge in [0.25, 0.3) is 0 Å². The summed E-state index contributed by atoms with van der Waals surface area (Å²) in [4.78, 5) is 11.5. The molecule has 0 bridgehead atoms. The van der Waals surface area contributed by atoms with Crippen molar-refractivity contribution in [2.24, 2.45) is 17.4 Å². The molecule has 1 amide bonds. The molecule has 4 nitrogen and oxygen atoms in total. The van der Waals surface area contributed by atoms with Gasteiger partial charge in [-0.05, 0) is 55.9 Å². The van der Waals surface area contributed by atoms with Crippen molar-refractivity contribution >= 4 is 5.91 Å². The van der Waals surface area contributed by atoms with E-state index in [4.69, 9.17) is 16.2 Å². The third-order valence-electron chi connectivity index (χ3n) is 3.72. The van der Waals surface area contributed by atoms with Gasteiger partial charge in [0.1, 0.15) is 17.9 Å². The zero-order chi connectivity index (χ0) is 13.3. The summed E-state index contributed by atoms with van der Waals surface area (Å²) in [5, 5.41) is 0. The maximum atomic E-state index is 11.5. The highest BCUT2D eigenvalue weighted by atomic mass is 16.5. The predicted octanol–water partition coefficient (Wildman–Crippen LogP) is 1.28. The second kappa shape index (κ2) is 4.61. The average molecular weight is 248 g/mol. The lowest BCUT2D eigenvalue weighted by Crippen LogP contribution is -2.58. The third-order valence-corrected chi connectivity index (χ3v) is 3.72. The summed E-state index contributed by atoms with van der Waals surface area (Å²) in [7, 11) is 0.